The van der Waals surface area contributed by atoms with Crippen molar-refractivity contribution in [3.63, 3.8) is 0 Å². The number of rotatable bonds is 5. The van der Waals surface area contributed by atoms with Gasteiger partial charge in [0.25, 0.3) is 21.9 Å². The molecule has 0 atom stereocenters. The Morgan fingerprint density at radius 1 is 1.05 bits per heavy atom. The first-order chi connectivity index (χ1) is 9.40. The molecule has 2 rings (SSSR count). The molecular formula is C13H13NO5S. The number of aryl methyl sites for hydroxylation is 1. The highest BCUT2D eigenvalue weighted by Gasteiger charge is 2.24. The second-order valence-electron chi connectivity index (χ2n) is 4.25. The van der Waals surface area contributed by atoms with Gasteiger partial charge in [0, 0.05) is 12.2 Å². The molecule has 0 radical (unpaired) electrons. The van der Waals surface area contributed by atoms with Gasteiger partial charge in [-0.15, -0.1) is 0 Å². The molecule has 0 saturated heterocycles. The van der Waals surface area contributed by atoms with Crippen molar-refractivity contribution in [3.05, 3.63) is 42.0 Å². The molecule has 0 bridgehead atoms. The second-order valence-corrected chi connectivity index (χ2v) is 5.87. The van der Waals surface area contributed by atoms with Gasteiger partial charge in [-0.1, -0.05) is 17.7 Å². The number of nitrogens with zero attached hydrogens (tertiary/aromatic N) is 1. The average molecular weight is 295 g/mol. The monoisotopic (exact) mass is 295 g/mol. The standard InChI is InChI=1S/C13H13NO5S/c1-10-2-4-11(5-3-10)20(17,18)19-9-8-14-12(15)6-7-13(14)16/h2-7H,8-9H2,1H3. The first-order valence-corrected chi connectivity index (χ1v) is 7.30. The molecular weight excluding hydrogens is 282 g/mol. The number of carbonyl (C=O) groups is 2. The molecule has 1 aromatic carbocycles. The van der Waals surface area contributed by atoms with Crippen LogP contribution in [-0.4, -0.2) is 38.3 Å². The Bertz CT molecular complexity index is 643. The lowest BCUT2D eigenvalue weighted by molar-refractivity contribution is -0.137. The van der Waals surface area contributed by atoms with E-state index in [0.717, 1.165) is 22.6 Å². The number of imide groups is 1. The van der Waals surface area contributed by atoms with Crippen molar-refractivity contribution < 1.29 is 22.2 Å². The third kappa shape index (κ3) is 3.12. The minimum atomic E-state index is -3.87. The van der Waals surface area contributed by atoms with Crippen molar-refractivity contribution >= 4 is 21.9 Å². The van der Waals surface area contributed by atoms with Crippen molar-refractivity contribution in [1.29, 1.82) is 0 Å². The fourth-order valence-corrected chi connectivity index (χ4v) is 2.56. The Morgan fingerprint density at radius 3 is 2.15 bits per heavy atom. The number of amides is 2. The van der Waals surface area contributed by atoms with E-state index in [1.165, 1.54) is 12.1 Å². The van der Waals surface area contributed by atoms with Crippen molar-refractivity contribution in [2.75, 3.05) is 13.2 Å². The predicted molar refractivity (Wildman–Crippen MR) is 70.2 cm³/mol. The van der Waals surface area contributed by atoms with Crippen LogP contribution in [0, 0.1) is 6.92 Å². The highest BCUT2D eigenvalue weighted by atomic mass is 32.2. The van der Waals surface area contributed by atoms with Crippen LogP contribution in [0.25, 0.3) is 0 Å². The van der Waals surface area contributed by atoms with Crippen LogP contribution < -0.4 is 0 Å². The van der Waals surface area contributed by atoms with Crippen LogP contribution >= 0.6 is 0 Å². The smallest absolute Gasteiger partial charge is 0.273 e. The van der Waals surface area contributed by atoms with E-state index >= 15 is 0 Å². The van der Waals surface area contributed by atoms with E-state index in [4.69, 9.17) is 4.18 Å². The van der Waals surface area contributed by atoms with Crippen LogP contribution in [0.5, 0.6) is 0 Å². The number of hydrogen-bond donors (Lipinski definition) is 0. The molecule has 0 N–H and O–H groups in total. The zero-order chi connectivity index (χ0) is 14.8. The normalized spacial score (nSPS) is 15.2. The minimum absolute atomic E-state index is 0.0419. The lowest BCUT2D eigenvalue weighted by Crippen LogP contribution is -2.33. The van der Waals surface area contributed by atoms with Gasteiger partial charge in [-0.25, -0.2) is 0 Å². The fourth-order valence-electron chi connectivity index (χ4n) is 1.66. The minimum Gasteiger partial charge on any atom is -0.273 e. The molecule has 20 heavy (non-hydrogen) atoms. The zero-order valence-corrected chi connectivity index (χ0v) is 11.6. The highest BCUT2D eigenvalue weighted by Crippen LogP contribution is 2.13. The maximum absolute atomic E-state index is 11.9. The highest BCUT2D eigenvalue weighted by molar-refractivity contribution is 7.86. The summed E-state index contributed by atoms with van der Waals surface area (Å²) in [5.41, 5.74) is 0.934. The summed E-state index contributed by atoms with van der Waals surface area (Å²) in [6, 6.07) is 6.21. The second kappa shape index (κ2) is 5.56. The third-order valence-electron chi connectivity index (χ3n) is 2.76. The lowest BCUT2D eigenvalue weighted by Gasteiger charge is -2.13. The van der Waals surface area contributed by atoms with Crippen LogP contribution in [0.1, 0.15) is 5.56 Å². The summed E-state index contributed by atoms with van der Waals surface area (Å²) in [6.07, 6.45) is 2.27. The van der Waals surface area contributed by atoms with E-state index < -0.39 is 21.9 Å². The van der Waals surface area contributed by atoms with Gasteiger partial charge in [-0.05, 0) is 19.1 Å². The summed E-state index contributed by atoms with van der Waals surface area (Å²) in [5.74, 6) is -0.933. The average Bonchev–Trinajstić information content (AvgIpc) is 2.71. The molecule has 7 heteroatoms. The van der Waals surface area contributed by atoms with Crippen LogP contribution in [0.4, 0.5) is 0 Å². The molecule has 0 saturated carbocycles. The molecule has 1 aliphatic heterocycles. The first-order valence-electron chi connectivity index (χ1n) is 5.90. The maximum atomic E-state index is 11.9. The van der Waals surface area contributed by atoms with E-state index in [9.17, 15) is 18.0 Å². The van der Waals surface area contributed by atoms with Gasteiger partial charge in [0.05, 0.1) is 18.0 Å². The van der Waals surface area contributed by atoms with E-state index in [1.54, 1.807) is 12.1 Å². The van der Waals surface area contributed by atoms with Gasteiger partial charge in [0.1, 0.15) is 0 Å². The number of benzene rings is 1. The summed E-state index contributed by atoms with van der Waals surface area (Å²) < 4.78 is 28.5. The summed E-state index contributed by atoms with van der Waals surface area (Å²) in [5, 5.41) is 0. The van der Waals surface area contributed by atoms with Gasteiger partial charge in [-0.2, -0.15) is 8.42 Å². The number of carbonyl (C=O) groups excluding carboxylic acids is 2. The summed E-state index contributed by atoms with van der Waals surface area (Å²) >= 11 is 0. The Hall–Kier alpha value is -1.99. The molecule has 0 unspecified atom stereocenters. The van der Waals surface area contributed by atoms with Crippen molar-refractivity contribution in [2.24, 2.45) is 0 Å². The molecule has 1 aromatic rings. The Kier molecular flexibility index (Phi) is 4.01. The molecule has 2 amide bonds. The molecule has 106 valence electrons. The van der Waals surface area contributed by atoms with Gasteiger partial charge in [-0.3, -0.25) is 18.7 Å². The largest absolute Gasteiger partial charge is 0.297 e. The molecule has 0 spiro atoms. The van der Waals surface area contributed by atoms with E-state index in [2.05, 4.69) is 0 Å². The SMILES string of the molecule is Cc1ccc(S(=O)(=O)OCCN2C(=O)C=CC2=O)cc1. The van der Waals surface area contributed by atoms with Gasteiger partial charge < -0.3 is 0 Å². The van der Waals surface area contributed by atoms with Crippen molar-refractivity contribution in [3.8, 4) is 0 Å². The van der Waals surface area contributed by atoms with E-state index in [1.807, 2.05) is 6.92 Å². The number of hydrogen-bond acceptors (Lipinski definition) is 5. The van der Waals surface area contributed by atoms with E-state index in [-0.39, 0.29) is 18.0 Å². The first kappa shape index (κ1) is 14.4. The molecule has 0 aliphatic carbocycles. The Morgan fingerprint density at radius 2 is 1.60 bits per heavy atom. The van der Waals surface area contributed by atoms with E-state index in [0.29, 0.717) is 0 Å². The molecule has 1 heterocycles. The predicted octanol–water partition coefficient (Wildman–Crippen LogP) is 0.625. The summed E-state index contributed by atoms with van der Waals surface area (Å²) in [7, 11) is -3.87. The zero-order valence-electron chi connectivity index (χ0n) is 10.8. The topological polar surface area (TPSA) is 80.8 Å². The van der Waals surface area contributed by atoms with Gasteiger partial charge in [0.2, 0.25) is 0 Å². The maximum Gasteiger partial charge on any atom is 0.297 e. The van der Waals surface area contributed by atoms with Crippen molar-refractivity contribution in [1.82, 2.24) is 4.90 Å². The molecule has 0 fully saturated rings. The molecule has 6 nitrogen and oxygen atoms in total. The fraction of sp³-hybridized carbons (Fsp3) is 0.231. The van der Waals surface area contributed by atoms with Crippen LogP contribution in [0.3, 0.4) is 0 Å². The van der Waals surface area contributed by atoms with Gasteiger partial charge in [0.15, 0.2) is 0 Å². The van der Waals surface area contributed by atoms with Crippen molar-refractivity contribution in [2.45, 2.75) is 11.8 Å². The Labute approximate surface area is 116 Å². The van der Waals surface area contributed by atoms with Crippen LogP contribution in [0.2, 0.25) is 0 Å². The quantitative estimate of drug-likeness (QED) is 0.588. The molecule has 0 aromatic heterocycles. The summed E-state index contributed by atoms with van der Waals surface area (Å²) in [6.45, 7) is 1.47. The van der Waals surface area contributed by atoms with Gasteiger partial charge >= 0.3 is 0 Å². The Balaban J connectivity index is 1.95. The summed E-state index contributed by atoms with van der Waals surface area (Å²) in [4.78, 5) is 23.5. The third-order valence-corrected chi connectivity index (χ3v) is 4.09. The van der Waals surface area contributed by atoms with Crippen LogP contribution in [0.15, 0.2) is 41.3 Å². The lowest BCUT2D eigenvalue weighted by atomic mass is 10.2. The molecule has 1 aliphatic rings. The van der Waals surface area contributed by atoms with Crippen LogP contribution in [-0.2, 0) is 23.9 Å².